The van der Waals surface area contributed by atoms with Crippen LogP contribution in [-0.2, 0) is 9.59 Å². The Morgan fingerprint density at radius 3 is 2.41 bits per heavy atom. The van der Waals surface area contributed by atoms with Crippen LogP contribution in [0.2, 0.25) is 0 Å². The van der Waals surface area contributed by atoms with Gasteiger partial charge in [-0.15, -0.1) is 0 Å². The van der Waals surface area contributed by atoms with Crippen molar-refractivity contribution >= 4 is 67.5 Å². The fraction of sp³-hybridized carbons (Fsp3) is 0.211. The van der Waals surface area contributed by atoms with Gasteiger partial charge in [-0.05, 0) is 70.3 Å². The lowest BCUT2D eigenvalue weighted by atomic mass is 10.1. The number of carbonyl (C=O) groups is 3. The highest BCUT2D eigenvalue weighted by Crippen LogP contribution is 2.16. The second kappa shape index (κ2) is 11.2. The molecule has 2 aromatic rings. The largest absolute Gasteiger partial charge is 0.480 e. The Morgan fingerprint density at radius 1 is 1.17 bits per heavy atom. The van der Waals surface area contributed by atoms with Crippen molar-refractivity contribution in [2.45, 2.75) is 12.5 Å². The van der Waals surface area contributed by atoms with Gasteiger partial charge in [-0.25, -0.2) is 4.79 Å². The maximum absolute atomic E-state index is 12.8. The monoisotopic (exact) mass is 544 g/mol. The number of carbonyl (C=O) groups excluding carboxylic acids is 2. The van der Waals surface area contributed by atoms with E-state index < -0.39 is 23.8 Å². The number of rotatable bonds is 9. The molecule has 0 spiro atoms. The van der Waals surface area contributed by atoms with E-state index in [1.807, 2.05) is 6.26 Å². The van der Waals surface area contributed by atoms with E-state index in [0.29, 0.717) is 16.0 Å². The molecule has 0 radical (unpaired) electrons. The van der Waals surface area contributed by atoms with Gasteiger partial charge >= 0.3 is 5.97 Å². The van der Waals surface area contributed by atoms with Crippen LogP contribution in [-0.4, -0.2) is 40.9 Å². The molecule has 0 aliphatic rings. The first kappa shape index (κ1) is 23.2. The Labute approximate surface area is 188 Å². The second-order valence-electron chi connectivity index (χ2n) is 5.81. The summed E-state index contributed by atoms with van der Waals surface area (Å²) in [6.45, 7) is 0. The normalized spacial score (nSPS) is 12.3. The quantitative estimate of drug-likeness (QED) is 0.412. The summed E-state index contributed by atoms with van der Waals surface area (Å²) in [4.78, 5) is 36.6. The lowest BCUT2D eigenvalue weighted by molar-refractivity contribution is -0.141. The standard InChI is InChI=1S/C19H18Br2N2O5S/c1-29-9-8-13(19(26)27)22-17(24)14(10-11-2-4-12(20)5-3-11)23-18(25)15-6-7-16(21)28-15/h2-7,10,13H,8-9H2,1H3,(H,22,24)(H,23,25)(H,26,27)/b14-10+. The van der Waals surface area contributed by atoms with Crippen LogP contribution in [0.1, 0.15) is 22.5 Å². The minimum Gasteiger partial charge on any atom is -0.480 e. The summed E-state index contributed by atoms with van der Waals surface area (Å²) >= 11 is 7.93. The minimum absolute atomic E-state index is 0.00329. The van der Waals surface area contributed by atoms with Gasteiger partial charge in [0.1, 0.15) is 11.7 Å². The third-order valence-electron chi connectivity index (χ3n) is 3.68. The molecule has 0 saturated heterocycles. The van der Waals surface area contributed by atoms with E-state index >= 15 is 0 Å². The molecule has 1 atom stereocenters. The molecular weight excluding hydrogens is 528 g/mol. The number of halogens is 2. The van der Waals surface area contributed by atoms with Crippen molar-refractivity contribution in [3.63, 3.8) is 0 Å². The predicted molar refractivity (Wildman–Crippen MR) is 119 cm³/mol. The van der Waals surface area contributed by atoms with E-state index in [9.17, 15) is 19.5 Å². The van der Waals surface area contributed by atoms with Gasteiger partial charge in [0.15, 0.2) is 10.4 Å². The number of thioether (sulfide) groups is 1. The zero-order chi connectivity index (χ0) is 21.4. The van der Waals surface area contributed by atoms with Crippen LogP contribution in [0.5, 0.6) is 0 Å². The summed E-state index contributed by atoms with van der Waals surface area (Å²) in [5, 5.41) is 14.3. The van der Waals surface area contributed by atoms with E-state index in [1.165, 1.54) is 23.9 Å². The Balaban J connectivity index is 2.27. The third-order valence-corrected chi connectivity index (χ3v) is 5.28. The Hall–Kier alpha value is -2.04. The van der Waals surface area contributed by atoms with Gasteiger partial charge in [-0.1, -0.05) is 28.1 Å². The van der Waals surface area contributed by atoms with Gasteiger partial charge in [0.05, 0.1) is 0 Å². The molecule has 0 aliphatic carbocycles. The van der Waals surface area contributed by atoms with E-state index in [-0.39, 0.29) is 17.9 Å². The fourth-order valence-electron chi connectivity index (χ4n) is 2.23. The molecule has 2 amide bonds. The van der Waals surface area contributed by atoms with Crippen LogP contribution in [0.15, 0.2) is 55.7 Å². The number of furan rings is 1. The van der Waals surface area contributed by atoms with Gasteiger partial charge in [-0.2, -0.15) is 11.8 Å². The predicted octanol–water partition coefficient (Wildman–Crippen LogP) is 3.90. The first-order chi connectivity index (χ1) is 13.8. The number of carboxylic acid groups (broad SMARTS) is 1. The van der Waals surface area contributed by atoms with E-state index in [2.05, 4.69) is 42.5 Å². The number of benzene rings is 1. The van der Waals surface area contributed by atoms with Crippen molar-refractivity contribution in [1.82, 2.24) is 10.6 Å². The van der Waals surface area contributed by atoms with E-state index in [1.54, 1.807) is 30.3 Å². The van der Waals surface area contributed by atoms with Crippen LogP contribution in [0.3, 0.4) is 0 Å². The van der Waals surface area contributed by atoms with Gasteiger partial charge in [0.2, 0.25) is 0 Å². The number of hydrogen-bond acceptors (Lipinski definition) is 5. The summed E-state index contributed by atoms with van der Waals surface area (Å²) in [5.74, 6) is -1.92. The lowest BCUT2D eigenvalue weighted by Crippen LogP contribution is -2.44. The van der Waals surface area contributed by atoms with Crippen LogP contribution in [0.4, 0.5) is 0 Å². The number of carboxylic acids is 1. The summed E-state index contributed by atoms with van der Waals surface area (Å²) in [6.07, 6.45) is 3.57. The molecule has 0 fully saturated rings. The fourth-order valence-corrected chi connectivity index (χ4v) is 3.28. The molecule has 2 rings (SSSR count). The van der Waals surface area contributed by atoms with Crippen LogP contribution < -0.4 is 10.6 Å². The molecule has 3 N–H and O–H groups in total. The highest BCUT2D eigenvalue weighted by atomic mass is 79.9. The van der Waals surface area contributed by atoms with Crippen molar-refractivity contribution in [3.05, 3.63) is 62.6 Å². The highest BCUT2D eigenvalue weighted by molar-refractivity contribution is 9.10. The molecule has 1 aromatic heterocycles. The van der Waals surface area contributed by atoms with Gasteiger partial charge < -0.3 is 20.2 Å². The molecule has 1 heterocycles. The highest BCUT2D eigenvalue weighted by Gasteiger charge is 2.23. The number of aliphatic carboxylic acids is 1. The second-order valence-corrected chi connectivity index (χ2v) is 8.50. The van der Waals surface area contributed by atoms with Crippen LogP contribution >= 0.6 is 43.6 Å². The molecule has 0 bridgehead atoms. The Bertz CT molecular complexity index is 912. The maximum atomic E-state index is 12.8. The molecule has 154 valence electrons. The molecule has 0 saturated carbocycles. The smallest absolute Gasteiger partial charge is 0.326 e. The van der Waals surface area contributed by atoms with Crippen molar-refractivity contribution < 1.29 is 23.9 Å². The number of hydrogen-bond donors (Lipinski definition) is 3. The van der Waals surface area contributed by atoms with Crippen molar-refractivity contribution in [1.29, 1.82) is 0 Å². The zero-order valence-corrected chi connectivity index (χ0v) is 19.3. The molecule has 29 heavy (non-hydrogen) atoms. The molecule has 10 heteroatoms. The van der Waals surface area contributed by atoms with Crippen molar-refractivity contribution in [2.75, 3.05) is 12.0 Å². The van der Waals surface area contributed by atoms with Gasteiger partial charge in [0.25, 0.3) is 11.8 Å². The first-order valence-electron chi connectivity index (χ1n) is 8.36. The molecule has 1 aromatic carbocycles. The average Bonchev–Trinajstić information content (AvgIpc) is 3.12. The summed E-state index contributed by atoms with van der Waals surface area (Å²) < 4.78 is 6.43. The molecule has 7 nitrogen and oxygen atoms in total. The van der Waals surface area contributed by atoms with E-state index in [4.69, 9.17) is 4.42 Å². The number of nitrogens with one attached hydrogen (secondary N) is 2. The van der Waals surface area contributed by atoms with Crippen molar-refractivity contribution in [2.24, 2.45) is 0 Å². The molecule has 1 unspecified atom stereocenters. The Morgan fingerprint density at radius 2 is 1.86 bits per heavy atom. The summed E-state index contributed by atoms with van der Waals surface area (Å²) in [7, 11) is 0. The maximum Gasteiger partial charge on any atom is 0.326 e. The van der Waals surface area contributed by atoms with Crippen molar-refractivity contribution in [3.8, 4) is 0 Å². The average molecular weight is 546 g/mol. The number of amides is 2. The van der Waals surface area contributed by atoms with E-state index in [0.717, 1.165) is 4.47 Å². The van der Waals surface area contributed by atoms with Crippen LogP contribution in [0, 0.1) is 0 Å². The Kier molecular flexibility index (Phi) is 8.99. The molecule has 0 aliphatic heterocycles. The third kappa shape index (κ3) is 7.37. The summed E-state index contributed by atoms with van der Waals surface area (Å²) in [5.41, 5.74) is 0.551. The van der Waals surface area contributed by atoms with Gasteiger partial charge in [0, 0.05) is 4.47 Å². The zero-order valence-electron chi connectivity index (χ0n) is 15.3. The first-order valence-corrected chi connectivity index (χ1v) is 11.3. The summed E-state index contributed by atoms with van der Waals surface area (Å²) in [6, 6.07) is 8.99. The van der Waals surface area contributed by atoms with Gasteiger partial charge in [-0.3, -0.25) is 9.59 Å². The minimum atomic E-state index is -1.14. The SMILES string of the molecule is CSCCC(NC(=O)/C(=C\c1ccc(Br)cc1)NC(=O)c1ccc(Br)o1)C(=O)O. The lowest BCUT2D eigenvalue weighted by Gasteiger charge is -2.16. The van der Waals surface area contributed by atoms with Crippen LogP contribution in [0.25, 0.3) is 6.08 Å². The topological polar surface area (TPSA) is 109 Å². The molecular formula is C19H18Br2N2O5S.